The van der Waals surface area contributed by atoms with Crippen molar-refractivity contribution in [3.63, 3.8) is 0 Å². The first-order chi connectivity index (χ1) is 14.1. The molecule has 2 aromatic carbocycles. The van der Waals surface area contributed by atoms with E-state index in [1.54, 1.807) is 48.5 Å². The number of nitrogens with one attached hydrogen (secondary N) is 1. The van der Waals surface area contributed by atoms with E-state index < -0.39 is 0 Å². The third-order valence-electron chi connectivity index (χ3n) is 3.65. The lowest BCUT2D eigenvalue weighted by Crippen LogP contribution is -2.17. The molecule has 1 amide bonds. The highest BCUT2D eigenvalue weighted by atomic mass is 35.5. The van der Waals surface area contributed by atoms with Crippen molar-refractivity contribution in [2.24, 2.45) is 5.10 Å². The van der Waals surface area contributed by atoms with E-state index in [-0.39, 0.29) is 11.9 Å². The highest BCUT2D eigenvalue weighted by Gasteiger charge is 2.10. The van der Waals surface area contributed by atoms with Crippen molar-refractivity contribution in [1.82, 2.24) is 15.4 Å². The number of halogens is 1. The van der Waals surface area contributed by atoms with Crippen molar-refractivity contribution in [3.05, 3.63) is 70.7 Å². The van der Waals surface area contributed by atoms with Gasteiger partial charge >= 0.3 is 6.01 Å². The number of nitrogens with zero attached hydrogens (tertiary/aromatic N) is 3. The maximum absolute atomic E-state index is 12.1. The summed E-state index contributed by atoms with van der Waals surface area (Å²) < 4.78 is 16.0. The molecule has 0 unspecified atom stereocenters. The van der Waals surface area contributed by atoms with Crippen molar-refractivity contribution in [3.8, 4) is 23.5 Å². The molecule has 1 aromatic heterocycles. The first kappa shape index (κ1) is 20.1. The van der Waals surface area contributed by atoms with E-state index in [4.69, 9.17) is 25.8 Å². The summed E-state index contributed by atoms with van der Waals surface area (Å²) in [7, 11) is 2.96. The number of ether oxygens (including phenoxy) is 3. The Morgan fingerprint density at radius 3 is 2.45 bits per heavy atom. The Kier molecular flexibility index (Phi) is 6.59. The van der Waals surface area contributed by atoms with E-state index in [2.05, 4.69) is 20.5 Å². The van der Waals surface area contributed by atoms with Crippen LogP contribution in [-0.4, -0.2) is 36.3 Å². The first-order valence-electron chi connectivity index (χ1n) is 8.42. The number of aromatic nitrogens is 2. The number of hydrogen-bond acceptors (Lipinski definition) is 7. The summed E-state index contributed by atoms with van der Waals surface area (Å²) in [5.74, 6) is 0.644. The average Bonchev–Trinajstić information content (AvgIpc) is 2.74. The molecule has 0 fully saturated rings. The molecule has 1 heterocycles. The van der Waals surface area contributed by atoms with Crippen molar-refractivity contribution in [2.75, 3.05) is 14.2 Å². The molecule has 0 atom stereocenters. The SMILES string of the molecule is COc1cc(OC)nc(Oc2ccccc2/C=N/NC(=O)c2cccc(Cl)c2)n1. The normalized spacial score (nSPS) is 10.6. The monoisotopic (exact) mass is 412 g/mol. The quantitative estimate of drug-likeness (QED) is 0.469. The van der Waals surface area contributed by atoms with Gasteiger partial charge in [-0.25, -0.2) is 5.43 Å². The van der Waals surface area contributed by atoms with Gasteiger partial charge in [-0.05, 0) is 30.3 Å². The Morgan fingerprint density at radius 1 is 1.03 bits per heavy atom. The van der Waals surface area contributed by atoms with Crippen LogP contribution in [0, 0.1) is 0 Å². The van der Waals surface area contributed by atoms with Gasteiger partial charge < -0.3 is 14.2 Å². The number of amides is 1. The van der Waals surface area contributed by atoms with E-state index >= 15 is 0 Å². The van der Waals surface area contributed by atoms with Crippen molar-refractivity contribution < 1.29 is 19.0 Å². The molecule has 0 aliphatic heterocycles. The fourth-order valence-electron chi connectivity index (χ4n) is 2.27. The van der Waals surface area contributed by atoms with Crippen LogP contribution in [0.4, 0.5) is 0 Å². The lowest BCUT2D eigenvalue weighted by Gasteiger charge is -2.09. The maximum Gasteiger partial charge on any atom is 0.328 e. The lowest BCUT2D eigenvalue weighted by molar-refractivity contribution is 0.0955. The van der Waals surface area contributed by atoms with Crippen LogP contribution in [0.3, 0.4) is 0 Å². The molecule has 148 valence electrons. The van der Waals surface area contributed by atoms with Gasteiger partial charge in [-0.1, -0.05) is 29.8 Å². The largest absolute Gasteiger partial charge is 0.481 e. The van der Waals surface area contributed by atoms with Gasteiger partial charge in [0.1, 0.15) is 5.75 Å². The minimum atomic E-state index is -0.386. The second kappa shape index (κ2) is 9.52. The van der Waals surface area contributed by atoms with Gasteiger partial charge in [0.15, 0.2) is 0 Å². The van der Waals surface area contributed by atoms with Crippen LogP contribution in [-0.2, 0) is 0 Å². The zero-order chi connectivity index (χ0) is 20.6. The molecule has 3 rings (SSSR count). The smallest absolute Gasteiger partial charge is 0.328 e. The zero-order valence-corrected chi connectivity index (χ0v) is 16.4. The number of benzene rings is 2. The van der Waals surface area contributed by atoms with Gasteiger partial charge in [-0.15, -0.1) is 0 Å². The minimum absolute atomic E-state index is 0.0463. The van der Waals surface area contributed by atoms with Crippen LogP contribution in [0.15, 0.2) is 59.7 Å². The molecule has 3 aromatic rings. The van der Waals surface area contributed by atoms with Gasteiger partial charge in [0, 0.05) is 16.1 Å². The summed E-state index contributed by atoms with van der Waals surface area (Å²) >= 11 is 5.90. The van der Waals surface area contributed by atoms with E-state index in [9.17, 15) is 4.79 Å². The average molecular weight is 413 g/mol. The molecule has 8 nitrogen and oxygen atoms in total. The predicted molar refractivity (Wildman–Crippen MR) is 108 cm³/mol. The standard InChI is InChI=1S/C20H17ClN4O4/c1-27-17-11-18(28-2)24-20(23-17)29-16-9-4-3-6-14(16)12-22-25-19(26)13-7-5-8-15(21)10-13/h3-12H,1-2H3,(H,25,26)/b22-12+. The summed E-state index contributed by atoms with van der Waals surface area (Å²) in [5.41, 5.74) is 3.45. The Balaban J connectivity index is 1.75. The number of rotatable bonds is 7. The van der Waals surface area contributed by atoms with E-state index in [0.717, 1.165) is 0 Å². The summed E-state index contributed by atoms with van der Waals surface area (Å²) in [6, 6.07) is 15.2. The van der Waals surface area contributed by atoms with Gasteiger partial charge in [-0.2, -0.15) is 15.1 Å². The Bertz CT molecular complexity index is 1020. The maximum atomic E-state index is 12.1. The fraction of sp³-hybridized carbons (Fsp3) is 0.100. The van der Waals surface area contributed by atoms with Crippen molar-refractivity contribution >= 4 is 23.7 Å². The molecule has 29 heavy (non-hydrogen) atoms. The minimum Gasteiger partial charge on any atom is -0.481 e. The van der Waals surface area contributed by atoms with Gasteiger partial charge in [0.2, 0.25) is 11.8 Å². The first-order valence-corrected chi connectivity index (χ1v) is 8.80. The molecule has 9 heteroatoms. The van der Waals surface area contributed by atoms with Gasteiger partial charge in [-0.3, -0.25) is 4.79 Å². The highest BCUT2D eigenvalue weighted by molar-refractivity contribution is 6.30. The molecule has 0 saturated carbocycles. The van der Waals surface area contributed by atoms with Crippen LogP contribution in [0.25, 0.3) is 0 Å². The molecule has 1 N–H and O–H groups in total. The molecular formula is C20H17ClN4O4. The second-order valence-electron chi connectivity index (χ2n) is 5.58. The number of hydrazone groups is 1. The molecule has 0 bridgehead atoms. The molecule has 0 spiro atoms. The van der Waals surface area contributed by atoms with Crippen LogP contribution < -0.4 is 19.6 Å². The molecular weight excluding hydrogens is 396 g/mol. The molecule has 0 aliphatic rings. The van der Waals surface area contributed by atoms with Crippen LogP contribution >= 0.6 is 11.6 Å². The fourth-order valence-corrected chi connectivity index (χ4v) is 2.46. The highest BCUT2D eigenvalue weighted by Crippen LogP contribution is 2.25. The number of carbonyl (C=O) groups excluding carboxylic acids is 1. The van der Waals surface area contributed by atoms with Crippen LogP contribution in [0.1, 0.15) is 15.9 Å². The summed E-state index contributed by atoms with van der Waals surface area (Å²) in [6.45, 7) is 0. The molecule has 0 radical (unpaired) electrons. The van der Waals surface area contributed by atoms with Crippen LogP contribution in [0.2, 0.25) is 5.02 Å². The van der Waals surface area contributed by atoms with E-state index in [0.29, 0.717) is 33.7 Å². The zero-order valence-electron chi connectivity index (χ0n) is 15.6. The summed E-state index contributed by atoms with van der Waals surface area (Å²) in [4.78, 5) is 20.4. The predicted octanol–water partition coefficient (Wildman–Crippen LogP) is 3.70. The van der Waals surface area contributed by atoms with Crippen LogP contribution in [0.5, 0.6) is 23.5 Å². The number of para-hydroxylation sites is 1. The summed E-state index contributed by atoms with van der Waals surface area (Å²) in [6.07, 6.45) is 1.45. The summed E-state index contributed by atoms with van der Waals surface area (Å²) in [5, 5.41) is 4.45. The van der Waals surface area contributed by atoms with E-state index in [1.165, 1.54) is 26.5 Å². The van der Waals surface area contributed by atoms with E-state index in [1.807, 2.05) is 0 Å². The molecule has 0 aliphatic carbocycles. The Morgan fingerprint density at radius 2 is 1.76 bits per heavy atom. The second-order valence-corrected chi connectivity index (χ2v) is 6.02. The Labute approximate surface area is 172 Å². The molecule has 0 saturated heterocycles. The Hall–Kier alpha value is -3.65. The number of carbonyl (C=O) groups is 1. The lowest BCUT2D eigenvalue weighted by atomic mass is 10.2. The number of hydrogen-bond donors (Lipinski definition) is 1. The van der Waals surface area contributed by atoms with Gasteiger partial charge in [0.05, 0.1) is 26.5 Å². The third kappa shape index (κ3) is 5.43. The van der Waals surface area contributed by atoms with Gasteiger partial charge in [0.25, 0.3) is 5.91 Å². The van der Waals surface area contributed by atoms with Crippen molar-refractivity contribution in [1.29, 1.82) is 0 Å². The third-order valence-corrected chi connectivity index (χ3v) is 3.89. The number of methoxy groups -OCH3 is 2. The topological polar surface area (TPSA) is 94.9 Å². The van der Waals surface area contributed by atoms with Crippen molar-refractivity contribution in [2.45, 2.75) is 0 Å².